The third-order valence-corrected chi connectivity index (χ3v) is 4.76. The molecule has 0 spiro atoms. The highest BCUT2D eigenvalue weighted by atomic mass is 79.9. The summed E-state index contributed by atoms with van der Waals surface area (Å²) in [6.45, 7) is 1.14. The molecule has 9 heteroatoms. The first-order valence-electron chi connectivity index (χ1n) is 5.32. The summed E-state index contributed by atoms with van der Waals surface area (Å²) in [5.74, 6) is -2.24. The lowest BCUT2D eigenvalue weighted by atomic mass is 10.2. The van der Waals surface area contributed by atoms with E-state index in [-0.39, 0.29) is 15.7 Å². The van der Waals surface area contributed by atoms with Gasteiger partial charge in [0.05, 0.1) is 18.4 Å². The number of benzene rings is 1. The second kappa shape index (κ2) is 6.23. The monoisotopic (exact) mass is 365 g/mol. The summed E-state index contributed by atoms with van der Waals surface area (Å²) in [7, 11) is -3.06. The molecule has 1 aromatic rings. The number of sulfonamides is 1. The summed E-state index contributed by atoms with van der Waals surface area (Å²) in [6.07, 6.45) is 0. The van der Waals surface area contributed by atoms with E-state index in [4.69, 9.17) is 5.11 Å². The van der Waals surface area contributed by atoms with Gasteiger partial charge in [-0.25, -0.2) is 13.2 Å². The highest BCUT2D eigenvalue weighted by molar-refractivity contribution is 9.10. The first-order valence-corrected chi connectivity index (χ1v) is 7.66. The Morgan fingerprint density at radius 2 is 2.00 bits per heavy atom. The third kappa shape index (κ3) is 3.48. The van der Waals surface area contributed by atoms with Gasteiger partial charge in [-0.15, -0.1) is 0 Å². The molecule has 1 unspecified atom stereocenters. The molecule has 7 nitrogen and oxygen atoms in total. The molecule has 0 aliphatic heterocycles. The zero-order valence-electron chi connectivity index (χ0n) is 10.6. The summed E-state index contributed by atoms with van der Waals surface area (Å²) in [5.41, 5.74) is -0.379. The molecule has 1 atom stereocenters. The maximum Gasteiger partial charge on any atom is 0.337 e. The summed E-state index contributed by atoms with van der Waals surface area (Å²) < 4.78 is 30.7. The van der Waals surface area contributed by atoms with Gasteiger partial charge in [0.15, 0.2) is 5.25 Å². The number of nitrogens with one attached hydrogen (secondary N) is 1. The van der Waals surface area contributed by atoms with Crippen LogP contribution in [0.4, 0.5) is 5.69 Å². The first kappa shape index (κ1) is 16.4. The molecule has 0 amide bonds. The van der Waals surface area contributed by atoms with Crippen molar-refractivity contribution in [1.82, 2.24) is 0 Å². The maximum absolute atomic E-state index is 12.0. The molecule has 1 rings (SSSR count). The van der Waals surface area contributed by atoms with E-state index >= 15 is 0 Å². The van der Waals surface area contributed by atoms with Crippen LogP contribution in [0.25, 0.3) is 0 Å². The molecule has 20 heavy (non-hydrogen) atoms. The van der Waals surface area contributed by atoms with Gasteiger partial charge in [0.1, 0.15) is 0 Å². The van der Waals surface area contributed by atoms with Crippen LogP contribution in [0.15, 0.2) is 22.7 Å². The maximum atomic E-state index is 12.0. The van der Waals surface area contributed by atoms with Gasteiger partial charge >= 0.3 is 11.9 Å². The minimum absolute atomic E-state index is 0.143. The quantitative estimate of drug-likeness (QED) is 0.764. The minimum atomic E-state index is -4.12. The second-order valence-corrected chi connectivity index (χ2v) is 6.64. The van der Waals surface area contributed by atoms with Crippen molar-refractivity contribution in [3.05, 3.63) is 28.2 Å². The zero-order valence-corrected chi connectivity index (χ0v) is 13.0. The number of anilines is 1. The Morgan fingerprint density at radius 3 is 2.50 bits per heavy atom. The molecular weight excluding hydrogens is 354 g/mol. The van der Waals surface area contributed by atoms with Gasteiger partial charge < -0.3 is 9.84 Å². The Morgan fingerprint density at radius 1 is 1.40 bits per heavy atom. The Balaban J connectivity index is 3.23. The number of methoxy groups -OCH3 is 1. The normalized spacial score (nSPS) is 12.6. The van der Waals surface area contributed by atoms with E-state index in [0.29, 0.717) is 0 Å². The van der Waals surface area contributed by atoms with Gasteiger partial charge in [0, 0.05) is 4.47 Å². The van der Waals surface area contributed by atoms with Gasteiger partial charge in [-0.2, -0.15) is 0 Å². The summed E-state index contributed by atoms with van der Waals surface area (Å²) in [6, 6.07) is 4.18. The average molecular weight is 366 g/mol. The fourth-order valence-corrected chi connectivity index (χ4v) is 2.96. The molecule has 0 bridgehead atoms. The number of hydrogen-bond donors (Lipinski definition) is 2. The topological polar surface area (TPSA) is 110 Å². The van der Waals surface area contributed by atoms with Crippen molar-refractivity contribution in [3.63, 3.8) is 0 Å². The van der Waals surface area contributed by atoms with E-state index in [1.54, 1.807) is 0 Å². The van der Waals surface area contributed by atoms with E-state index in [9.17, 15) is 18.0 Å². The summed E-state index contributed by atoms with van der Waals surface area (Å²) >= 11 is 3.06. The van der Waals surface area contributed by atoms with Crippen molar-refractivity contribution in [1.29, 1.82) is 0 Å². The van der Waals surface area contributed by atoms with Crippen LogP contribution in [-0.2, 0) is 19.6 Å². The van der Waals surface area contributed by atoms with Gasteiger partial charge in [0.2, 0.25) is 10.0 Å². The van der Waals surface area contributed by atoms with Crippen molar-refractivity contribution in [3.8, 4) is 0 Å². The standard InChI is InChI=1S/C11H12BrNO6S/c1-6(11(16)19-2)20(17,18)13-9-7(10(14)15)4-3-5-8(9)12/h3-6,13H,1-2H3,(H,14,15). The van der Waals surface area contributed by atoms with Crippen LogP contribution in [0.2, 0.25) is 0 Å². The van der Waals surface area contributed by atoms with Gasteiger partial charge in [0.25, 0.3) is 0 Å². The first-order chi connectivity index (χ1) is 9.20. The van der Waals surface area contributed by atoms with E-state index < -0.39 is 27.2 Å². The van der Waals surface area contributed by atoms with Crippen LogP contribution < -0.4 is 4.72 Å². The molecule has 0 radical (unpaired) electrons. The molecule has 0 saturated carbocycles. The van der Waals surface area contributed by atoms with Crippen molar-refractivity contribution < 1.29 is 27.9 Å². The highest BCUT2D eigenvalue weighted by Crippen LogP contribution is 2.28. The zero-order chi connectivity index (χ0) is 15.5. The molecule has 110 valence electrons. The van der Waals surface area contributed by atoms with E-state index in [1.807, 2.05) is 0 Å². The predicted octanol–water partition coefficient (Wildman–Crippen LogP) is 1.45. The van der Waals surface area contributed by atoms with Crippen molar-refractivity contribution in [2.45, 2.75) is 12.2 Å². The van der Waals surface area contributed by atoms with Crippen molar-refractivity contribution in [2.75, 3.05) is 11.8 Å². The van der Waals surface area contributed by atoms with E-state index in [0.717, 1.165) is 14.0 Å². The fraction of sp³-hybridized carbons (Fsp3) is 0.273. The molecule has 0 aliphatic rings. The third-order valence-electron chi connectivity index (χ3n) is 2.49. The van der Waals surface area contributed by atoms with Crippen LogP contribution in [0, 0.1) is 0 Å². The Labute approximate surface area is 124 Å². The van der Waals surface area contributed by atoms with E-state index in [1.165, 1.54) is 18.2 Å². The minimum Gasteiger partial charge on any atom is -0.478 e. The number of ether oxygens (including phenoxy) is 1. The van der Waals surface area contributed by atoms with Crippen molar-refractivity contribution in [2.24, 2.45) is 0 Å². The van der Waals surface area contributed by atoms with Gasteiger partial charge in [-0.3, -0.25) is 9.52 Å². The molecule has 1 aromatic carbocycles. The number of esters is 1. The lowest BCUT2D eigenvalue weighted by Crippen LogP contribution is -2.33. The van der Waals surface area contributed by atoms with Crippen LogP contribution in [0.3, 0.4) is 0 Å². The molecule has 0 fully saturated rings. The number of hydrogen-bond acceptors (Lipinski definition) is 5. The predicted molar refractivity (Wildman–Crippen MR) is 75.1 cm³/mol. The second-order valence-electron chi connectivity index (χ2n) is 3.78. The SMILES string of the molecule is COC(=O)C(C)S(=O)(=O)Nc1c(Br)cccc1C(=O)O. The Bertz CT molecular complexity index is 642. The number of halogens is 1. The number of carbonyl (C=O) groups is 2. The number of aromatic carboxylic acids is 1. The Hall–Kier alpha value is -1.61. The average Bonchev–Trinajstić information content (AvgIpc) is 2.38. The lowest BCUT2D eigenvalue weighted by molar-refractivity contribution is -0.139. The molecule has 0 heterocycles. The molecule has 0 aromatic heterocycles. The lowest BCUT2D eigenvalue weighted by Gasteiger charge is -2.15. The number of rotatable bonds is 5. The number of carbonyl (C=O) groups excluding carboxylic acids is 1. The van der Waals surface area contributed by atoms with Gasteiger partial charge in [-0.1, -0.05) is 6.07 Å². The number of para-hydroxylation sites is 1. The summed E-state index contributed by atoms with van der Waals surface area (Å²) in [5, 5.41) is 7.56. The fourth-order valence-electron chi connectivity index (χ4n) is 1.33. The van der Waals surface area contributed by atoms with Gasteiger partial charge in [-0.05, 0) is 35.0 Å². The highest BCUT2D eigenvalue weighted by Gasteiger charge is 2.30. The van der Waals surface area contributed by atoms with Crippen molar-refractivity contribution >= 4 is 43.6 Å². The largest absolute Gasteiger partial charge is 0.478 e. The molecule has 0 aliphatic carbocycles. The van der Waals surface area contributed by atoms with Crippen LogP contribution in [0.1, 0.15) is 17.3 Å². The summed E-state index contributed by atoms with van der Waals surface area (Å²) in [4.78, 5) is 22.4. The molecule has 0 saturated heterocycles. The van der Waals surface area contributed by atoms with E-state index in [2.05, 4.69) is 25.4 Å². The smallest absolute Gasteiger partial charge is 0.337 e. The number of carboxylic acid groups (broad SMARTS) is 1. The molecule has 2 N–H and O–H groups in total. The van der Waals surface area contributed by atoms with Crippen LogP contribution >= 0.6 is 15.9 Å². The van der Waals surface area contributed by atoms with Crippen LogP contribution in [0.5, 0.6) is 0 Å². The number of carboxylic acids is 1. The van der Waals surface area contributed by atoms with Crippen LogP contribution in [-0.4, -0.2) is 37.8 Å². The Kier molecular flexibility index (Phi) is 5.12. The molecular formula is C11H12BrNO6S.